The monoisotopic (exact) mass is 241 g/mol. The van der Waals surface area contributed by atoms with E-state index in [-0.39, 0.29) is 12.0 Å². The number of nitrogens with two attached hydrogens (primary N) is 1. The van der Waals surface area contributed by atoms with Crippen LogP contribution < -0.4 is 5.73 Å². The van der Waals surface area contributed by atoms with Crippen molar-refractivity contribution >= 4 is 0 Å². The average molecular weight is 241 g/mol. The number of rotatable bonds is 4. The molecule has 0 heterocycles. The van der Waals surface area contributed by atoms with Crippen LogP contribution in [0.2, 0.25) is 0 Å². The Morgan fingerprint density at radius 2 is 1.94 bits per heavy atom. The molecule has 3 N–H and O–H groups in total. The van der Waals surface area contributed by atoms with E-state index in [0.29, 0.717) is 6.54 Å². The van der Waals surface area contributed by atoms with Crippen LogP contribution in [-0.2, 0) is 4.74 Å². The van der Waals surface area contributed by atoms with Crippen molar-refractivity contribution in [2.45, 2.75) is 44.1 Å². The second-order valence-electron chi connectivity index (χ2n) is 4.21. The number of hydrogen-bond donors (Lipinski definition) is 2. The quantitative estimate of drug-likeness (QED) is 0.783. The molecule has 0 bridgehead atoms. The molecular weight excluding hydrogens is 223 g/mol. The predicted octanol–water partition coefficient (Wildman–Crippen LogP) is 1.44. The fraction of sp³-hybridized carbons (Fsp3) is 1.00. The molecule has 1 fully saturated rings. The topological polar surface area (TPSA) is 55.5 Å². The van der Waals surface area contributed by atoms with E-state index < -0.39 is 18.9 Å². The smallest absolute Gasteiger partial charge is 0.382 e. The van der Waals surface area contributed by atoms with Crippen molar-refractivity contribution in [3.05, 3.63) is 0 Å². The summed E-state index contributed by atoms with van der Waals surface area (Å²) in [5, 5.41) is 8.79. The second kappa shape index (κ2) is 5.84. The first-order valence-corrected chi connectivity index (χ1v) is 5.51. The molecule has 0 spiro atoms. The van der Waals surface area contributed by atoms with Crippen molar-refractivity contribution in [3.63, 3.8) is 0 Å². The molecule has 3 nitrogen and oxygen atoms in total. The largest absolute Gasteiger partial charge is 0.416 e. The van der Waals surface area contributed by atoms with Crippen LogP contribution in [0, 0.1) is 5.92 Å². The minimum Gasteiger partial charge on any atom is -0.382 e. The highest BCUT2D eigenvalue weighted by Gasteiger charge is 2.39. The summed E-state index contributed by atoms with van der Waals surface area (Å²) in [6, 6.07) is 0. The number of alkyl halides is 3. The first-order chi connectivity index (χ1) is 7.45. The van der Waals surface area contributed by atoms with Gasteiger partial charge in [0.05, 0.1) is 12.7 Å². The Bertz CT molecular complexity index is 211. The van der Waals surface area contributed by atoms with E-state index in [1.165, 1.54) is 0 Å². The van der Waals surface area contributed by atoms with Gasteiger partial charge in [-0.3, -0.25) is 0 Å². The molecule has 1 saturated carbocycles. The van der Waals surface area contributed by atoms with Gasteiger partial charge in [0.2, 0.25) is 0 Å². The minimum absolute atomic E-state index is 0.120. The predicted molar refractivity (Wildman–Crippen MR) is 52.8 cm³/mol. The van der Waals surface area contributed by atoms with Gasteiger partial charge in [0.25, 0.3) is 0 Å². The lowest BCUT2D eigenvalue weighted by Crippen LogP contribution is -2.39. The third-order valence-corrected chi connectivity index (χ3v) is 2.99. The van der Waals surface area contributed by atoms with E-state index in [4.69, 9.17) is 15.6 Å². The third-order valence-electron chi connectivity index (χ3n) is 2.99. The molecular formula is C10H18F3NO2. The first kappa shape index (κ1) is 13.7. The molecule has 0 aromatic rings. The van der Waals surface area contributed by atoms with Crippen molar-refractivity contribution in [1.29, 1.82) is 0 Å². The number of halogens is 3. The number of ether oxygens (including phenoxy) is 1. The molecule has 1 aliphatic rings. The highest BCUT2D eigenvalue weighted by molar-refractivity contribution is 4.77. The highest BCUT2D eigenvalue weighted by Crippen LogP contribution is 2.27. The van der Waals surface area contributed by atoms with Gasteiger partial charge in [0.1, 0.15) is 0 Å². The van der Waals surface area contributed by atoms with Crippen LogP contribution in [0.3, 0.4) is 0 Å². The molecule has 1 aliphatic carbocycles. The zero-order valence-electron chi connectivity index (χ0n) is 9.04. The maximum atomic E-state index is 12.0. The van der Waals surface area contributed by atoms with Gasteiger partial charge in [-0.05, 0) is 25.3 Å². The molecule has 6 heteroatoms. The summed E-state index contributed by atoms with van der Waals surface area (Å²) in [6.07, 6.45) is -3.63. The fourth-order valence-electron chi connectivity index (χ4n) is 1.97. The van der Waals surface area contributed by atoms with Crippen LogP contribution in [-0.4, -0.2) is 36.6 Å². The maximum absolute atomic E-state index is 12.0. The van der Waals surface area contributed by atoms with Gasteiger partial charge in [0, 0.05) is 0 Å². The molecule has 0 amide bonds. The van der Waals surface area contributed by atoms with Crippen LogP contribution in [0.4, 0.5) is 13.2 Å². The highest BCUT2D eigenvalue weighted by atomic mass is 19.4. The van der Waals surface area contributed by atoms with Gasteiger partial charge in [-0.15, -0.1) is 0 Å². The molecule has 3 atom stereocenters. The van der Waals surface area contributed by atoms with Gasteiger partial charge in [-0.1, -0.05) is 12.8 Å². The summed E-state index contributed by atoms with van der Waals surface area (Å²) in [6.45, 7) is -0.266. The van der Waals surface area contributed by atoms with Crippen molar-refractivity contribution in [1.82, 2.24) is 0 Å². The molecule has 0 aromatic heterocycles. The van der Waals surface area contributed by atoms with Gasteiger partial charge < -0.3 is 15.6 Å². The lowest BCUT2D eigenvalue weighted by Gasteiger charge is -2.31. The summed E-state index contributed by atoms with van der Waals surface area (Å²) < 4.78 is 41.2. The molecule has 1 rings (SSSR count). The Balaban J connectivity index is 2.35. The SMILES string of the molecule is NCC1CCCCC1OCC(O)C(F)(F)F. The van der Waals surface area contributed by atoms with Gasteiger partial charge >= 0.3 is 6.18 Å². The molecule has 0 aromatic carbocycles. The molecule has 0 radical (unpaired) electrons. The van der Waals surface area contributed by atoms with E-state index in [9.17, 15) is 13.2 Å². The van der Waals surface area contributed by atoms with Crippen molar-refractivity contribution < 1.29 is 23.0 Å². The zero-order valence-corrected chi connectivity index (χ0v) is 9.04. The lowest BCUT2D eigenvalue weighted by molar-refractivity contribution is -0.223. The summed E-state index contributed by atoms with van der Waals surface area (Å²) >= 11 is 0. The van der Waals surface area contributed by atoms with Gasteiger partial charge in [0.15, 0.2) is 6.10 Å². The normalized spacial score (nSPS) is 29.1. The summed E-state index contributed by atoms with van der Waals surface area (Å²) in [7, 11) is 0. The Hall–Kier alpha value is -0.330. The average Bonchev–Trinajstić information content (AvgIpc) is 2.24. The van der Waals surface area contributed by atoms with Gasteiger partial charge in [-0.2, -0.15) is 13.2 Å². The van der Waals surface area contributed by atoms with Crippen LogP contribution in [0.1, 0.15) is 25.7 Å². The Morgan fingerprint density at radius 1 is 1.31 bits per heavy atom. The fourth-order valence-corrected chi connectivity index (χ4v) is 1.97. The molecule has 0 aliphatic heterocycles. The van der Waals surface area contributed by atoms with Crippen molar-refractivity contribution in [3.8, 4) is 0 Å². The Kier molecular flexibility index (Phi) is 5.01. The molecule has 96 valence electrons. The molecule has 16 heavy (non-hydrogen) atoms. The molecule has 3 unspecified atom stereocenters. The van der Waals surface area contributed by atoms with E-state index in [1.54, 1.807) is 0 Å². The summed E-state index contributed by atoms with van der Waals surface area (Å²) in [5.74, 6) is 0.120. The Morgan fingerprint density at radius 3 is 2.50 bits per heavy atom. The van der Waals surface area contributed by atoms with Gasteiger partial charge in [-0.25, -0.2) is 0 Å². The summed E-state index contributed by atoms with van der Waals surface area (Å²) in [5.41, 5.74) is 5.52. The second-order valence-corrected chi connectivity index (χ2v) is 4.21. The first-order valence-electron chi connectivity index (χ1n) is 5.51. The van der Waals surface area contributed by atoms with Crippen molar-refractivity contribution in [2.75, 3.05) is 13.2 Å². The number of aliphatic hydroxyl groups is 1. The van der Waals surface area contributed by atoms with Crippen LogP contribution >= 0.6 is 0 Å². The maximum Gasteiger partial charge on any atom is 0.416 e. The summed E-state index contributed by atoms with van der Waals surface area (Å²) in [4.78, 5) is 0. The van der Waals surface area contributed by atoms with Crippen LogP contribution in [0.15, 0.2) is 0 Å². The number of hydrogen-bond acceptors (Lipinski definition) is 3. The number of aliphatic hydroxyl groups excluding tert-OH is 1. The third kappa shape index (κ3) is 3.92. The minimum atomic E-state index is -4.60. The van der Waals surface area contributed by atoms with E-state index in [1.807, 2.05) is 0 Å². The van der Waals surface area contributed by atoms with Crippen LogP contribution in [0.5, 0.6) is 0 Å². The van der Waals surface area contributed by atoms with Crippen LogP contribution in [0.25, 0.3) is 0 Å². The standard InChI is InChI=1S/C10H18F3NO2/c11-10(12,13)9(15)6-16-8-4-2-1-3-7(8)5-14/h7-9,15H,1-6,14H2. The van der Waals surface area contributed by atoms with E-state index >= 15 is 0 Å². The Labute approximate surface area is 92.8 Å². The molecule has 0 saturated heterocycles. The lowest BCUT2D eigenvalue weighted by atomic mass is 9.86. The van der Waals surface area contributed by atoms with E-state index in [0.717, 1.165) is 25.7 Å². The van der Waals surface area contributed by atoms with Crippen molar-refractivity contribution in [2.24, 2.45) is 11.7 Å². The zero-order chi connectivity index (χ0) is 12.2. The van der Waals surface area contributed by atoms with E-state index in [2.05, 4.69) is 0 Å².